The summed E-state index contributed by atoms with van der Waals surface area (Å²) in [6, 6.07) is 3.31. The summed E-state index contributed by atoms with van der Waals surface area (Å²) in [6.07, 6.45) is 0.625. The molecule has 0 saturated carbocycles. The van der Waals surface area contributed by atoms with Crippen LogP contribution in [0.1, 0.15) is 18.9 Å². The van der Waals surface area contributed by atoms with Gasteiger partial charge in [-0.3, -0.25) is 0 Å². The highest BCUT2D eigenvalue weighted by Gasteiger charge is 2.07. The van der Waals surface area contributed by atoms with Crippen molar-refractivity contribution in [3.63, 3.8) is 0 Å². The van der Waals surface area contributed by atoms with Gasteiger partial charge in [-0.25, -0.2) is 8.78 Å². The van der Waals surface area contributed by atoms with E-state index in [1.54, 1.807) is 0 Å². The molecule has 0 saturated heterocycles. The summed E-state index contributed by atoms with van der Waals surface area (Å²) < 4.78 is 25.7. The lowest BCUT2D eigenvalue weighted by molar-refractivity contribution is 0.172. The summed E-state index contributed by atoms with van der Waals surface area (Å²) in [6.45, 7) is 3.29. The first-order valence-electron chi connectivity index (χ1n) is 5.45. The van der Waals surface area contributed by atoms with Gasteiger partial charge in [-0.05, 0) is 37.1 Å². The molecular weight excluding hydrogens is 212 g/mol. The van der Waals surface area contributed by atoms with E-state index in [1.165, 1.54) is 12.1 Å². The number of hydrogen-bond acceptors (Lipinski definition) is 2. The van der Waals surface area contributed by atoms with Crippen LogP contribution in [0.3, 0.4) is 0 Å². The Morgan fingerprint density at radius 2 is 1.88 bits per heavy atom. The van der Waals surface area contributed by atoms with E-state index in [0.717, 1.165) is 19.0 Å². The van der Waals surface area contributed by atoms with E-state index in [1.807, 2.05) is 6.92 Å². The Morgan fingerprint density at radius 1 is 1.25 bits per heavy atom. The first-order chi connectivity index (χ1) is 7.61. The Balaban J connectivity index is 2.45. The predicted molar refractivity (Wildman–Crippen MR) is 59.2 cm³/mol. The second-order valence-corrected chi connectivity index (χ2v) is 3.84. The molecule has 1 aromatic rings. The zero-order valence-electron chi connectivity index (χ0n) is 9.34. The number of halogens is 2. The molecule has 0 bridgehead atoms. The third-order valence-electron chi connectivity index (χ3n) is 2.20. The molecule has 0 heterocycles. The Hall–Kier alpha value is -1.00. The normalized spacial score (nSPS) is 12.8. The van der Waals surface area contributed by atoms with Crippen molar-refractivity contribution in [3.05, 3.63) is 35.4 Å². The predicted octanol–water partition coefficient (Wildman–Crippen LogP) is 1.87. The van der Waals surface area contributed by atoms with E-state index in [4.69, 9.17) is 0 Å². The van der Waals surface area contributed by atoms with E-state index < -0.39 is 17.7 Å². The maximum absolute atomic E-state index is 12.8. The molecule has 0 aliphatic carbocycles. The minimum atomic E-state index is -0.618. The van der Waals surface area contributed by atoms with Crippen molar-refractivity contribution in [2.45, 2.75) is 25.9 Å². The lowest BCUT2D eigenvalue weighted by atomic mass is 10.1. The smallest absolute Gasteiger partial charge is 0.126 e. The molecule has 2 nitrogen and oxygen atoms in total. The van der Waals surface area contributed by atoms with E-state index in [-0.39, 0.29) is 6.42 Å². The van der Waals surface area contributed by atoms with Gasteiger partial charge in [-0.1, -0.05) is 6.92 Å². The maximum atomic E-state index is 12.8. The molecule has 0 fully saturated rings. The topological polar surface area (TPSA) is 32.3 Å². The molecule has 0 aliphatic rings. The van der Waals surface area contributed by atoms with Gasteiger partial charge >= 0.3 is 0 Å². The van der Waals surface area contributed by atoms with Crippen LogP contribution in [0.15, 0.2) is 18.2 Å². The van der Waals surface area contributed by atoms with E-state index in [2.05, 4.69) is 5.32 Å². The van der Waals surface area contributed by atoms with Gasteiger partial charge in [0.15, 0.2) is 0 Å². The van der Waals surface area contributed by atoms with Crippen LogP contribution in [-0.2, 0) is 6.42 Å². The number of rotatable bonds is 6. The molecule has 1 rings (SSSR count). The van der Waals surface area contributed by atoms with E-state index in [0.29, 0.717) is 12.1 Å². The van der Waals surface area contributed by atoms with Crippen molar-refractivity contribution >= 4 is 0 Å². The molecule has 0 amide bonds. The van der Waals surface area contributed by atoms with Crippen LogP contribution in [0.5, 0.6) is 0 Å². The van der Waals surface area contributed by atoms with Crippen LogP contribution >= 0.6 is 0 Å². The highest BCUT2D eigenvalue weighted by molar-refractivity contribution is 5.18. The van der Waals surface area contributed by atoms with Gasteiger partial charge in [-0.15, -0.1) is 0 Å². The Morgan fingerprint density at radius 3 is 2.44 bits per heavy atom. The quantitative estimate of drug-likeness (QED) is 0.730. The average molecular weight is 229 g/mol. The molecule has 0 aromatic heterocycles. The third-order valence-corrected chi connectivity index (χ3v) is 2.20. The lowest BCUT2D eigenvalue weighted by Gasteiger charge is -2.11. The number of benzene rings is 1. The second-order valence-electron chi connectivity index (χ2n) is 3.84. The SMILES string of the molecule is CCCNCC(O)Cc1cc(F)cc(F)c1. The second kappa shape index (κ2) is 6.55. The molecule has 90 valence electrons. The largest absolute Gasteiger partial charge is 0.391 e. The zero-order valence-corrected chi connectivity index (χ0v) is 9.34. The molecule has 0 radical (unpaired) electrons. The molecule has 16 heavy (non-hydrogen) atoms. The first kappa shape index (κ1) is 13.1. The van der Waals surface area contributed by atoms with Gasteiger partial charge < -0.3 is 10.4 Å². The van der Waals surface area contributed by atoms with Gasteiger partial charge in [0.1, 0.15) is 11.6 Å². The molecule has 4 heteroatoms. The van der Waals surface area contributed by atoms with Crippen LogP contribution in [-0.4, -0.2) is 24.3 Å². The Bertz CT molecular complexity index is 311. The molecule has 1 atom stereocenters. The number of aliphatic hydroxyl groups excluding tert-OH is 1. The van der Waals surface area contributed by atoms with Crippen molar-refractivity contribution in [2.24, 2.45) is 0 Å². The minimum absolute atomic E-state index is 0.255. The zero-order chi connectivity index (χ0) is 12.0. The van der Waals surface area contributed by atoms with Crippen molar-refractivity contribution in [3.8, 4) is 0 Å². The van der Waals surface area contributed by atoms with Gasteiger partial charge in [0.05, 0.1) is 6.10 Å². The summed E-state index contributed by atoms with van der Waals surface area (Å²) in [5.41, 5.74) is 0.475. The molecule has 2 N–H and O–H groups in total. The van der Waals surface area contributed by atoms with Crippen LogP contribution in [0.4, 0.5) is 8.78 Å². The summed E-state index contributed by atoms with van der Waals surface area (Å²) in [5.74, 6) is -1.22. The maximum Gasteiger partial charge on any atom is 0.126 e. The van der Waals surface area contributed by atoms with Crippen LogP contribution < -0.4 is 5.32 Å². The molecule has 1 aromatic carbocycles. The van der Waals surface area contributed by atoms with Crippen molar-refractivity contribution in [1.82, 2.24) is 5.32 Å². The van der Waals surface area contributed by atoms with Gasteiger partial charge in [-0.2, -0.15) is 0 Å². The fourth-order valence-electron chi connectivity index (χ4n) is 1.52. The summed E-state index contributed by atoms with van der Waals surface area (Å²) in [4.78, 5) is 0. The Kier molecular flexibility index (Phi) is 5.35. The van der Waals surface area contributed by atoms with Crippen LogP contribution in [0.25, 0.3) is 0 Å². The highest BCUT2D eigenvalue weighted by atomic mass is 19.1. The number of nitrogens with one attached hydrogen (secondary N) is 1. The minimum Gasteiger partial charge on any atom is -0.391 e. The summed E-state index contributed by atoms with van der Waals surface area (Å²) >= 11 is 0. The van der Waals surface area contributed by atoms with Crippen molar-refractivity contribution < 1.29 is 13.9 Å². The highest BCUT2D eigenvalue weighted by Crippen LogP contribution is 2.09. The summed E-state index contributed by atoms with van der Waals surface area (Å²) in [5, 5.41) is 12.7. The van der Waals surface area contributed by atoms with E-state index >= 15 is 0 Å². The number of hydrogen-bond donors (Lipinski definition) is 2. The summed E-state index contributed by atoms with van der Waals surface area (Å²) in [7, 11) is 0. The Labute approximate surface area is 94.3 Å². The monoisotopic (exact) mass is 229 g/mol. The van der Waals surface area contributed by atoms with Gasteiger partial charge in [0.25, 0.3) is 0 Å². The molecular formula is C12H17F2NO. The standard InChI is InChI=1S/C12H17F2NO/c1-2-3-15-8-12(16)6-9-4-10(13)7-11(14)5-9/h4-5,7,12,15-16H,2-3,6,8H2,1H3. The van der Waals surface area contributed by atoms with Crippen molar-refractivity contribution in [1.29, 1.82) is 0 Å². The molecule has 0 aliphatic heterocycles. The van der Waals surface area contributed by atoms with Crippen LogP contribution in [0.2, 0.25) is 0 Å². The number of aliphatic hydroxyl groups is 1. The van der Waals surface area contributed by atoms with Crippen LogP contribution in [0, 0.1) is 11.6 Å². The fraction of sp³-hybridized carbons (Fsp3) is 0.500. The lowest BCUT2D eigenvalue weighted by Crippen LogP contribution is -2.28. The van der Waals surface area contributed by atoms with E-state index in [9.17, 15) is 13.9 Å². The molecule has 1 unspecified atom stereocenters. The van der Waals surface area contributed by atoms with Gasteiger partial charge in [0, 0.05) is 12.6 Å². The first-order valence-corrected chi connectivity index (χ1v) is 5.45. The molecule has 0 spiro atoms. The average Bonchev–Trinajstić information content (AvgIpc) is 2.16. The van der Waals surface area contributed by atoms with Crippen molar-refractivity contribution in [2.75, 3.05) is 13.1 Å². The van der Waals surface area contributed by atoms with Gasteiger partial charge in [0.2, 0.25) is 0 Å². The fourth-order valence-corrected chi connectivity index (χ4v) is 1.52. The third kappa shape index (κ3) is 4.68.